The molecule has 37 heavy (non-hydrogen) atoms. The van der Waals surface area contributed by atoms with Gasteiger partial charge in [0.2, 0.25) is 0 Å². The van der Waals surface area contributed by atoms with Gasteiger partial charge in [0, 0.05) is 54.4 Å². The van der Waals surface area contributed by atoms with E-state index in [0.29, 0.717) is 41.6 Å². The van der Waals surface area contributed by atoms with Gasteiger partial charge in [-0.1, -0.05) is 0 Å². The number of rotatable bonds is 5. The van der Waals surface area contributed by atoms with Gasteiger partial charge in [-0.2, -0.15) is 5.10 Å². The Bertz CT molecular complexity index is 1500. The fraction of sp³-hybridized carbons (Fsp3) is 0.429. The van der Waals surface area contributed by atoms with Crippen molar-refractivity contribution in [2.45, 2.75) is 57.1 Å². The molecule has 0 radical (unpaired) electrons. The Hall–Kier alpha value is -3.46. The highest BCUT2D eigenvalue weighted by molar-refractivity contribution is 5.93. The van der Waals surface area contributed by atoms with E-state index in [1.807, 2.05) is 23.9 Å². The van der Waals surface area contributed by atoms with Crippen molar-refractivity contribution in [3.05, 3.63) is 65.4 Å². The van der Waals surface area contributed by atoms with E-state index in [4.69, 9.17) is 19.7 Å². The Kier molecular flexibility index (Phi) is 5.42. The molecule has 1 aliphatic carbocycles. The topological polar surface area (TPSA) is 69.0 Å². The average molecular weight is 503 g/mol. The van der Waals surface area contributed by atoms with Crippen LogP contribution in [0.2, 0.25) is 0 Å². The van der Waals surface area contributed by atoms with Crippen molar-refractivity contribution in [2.24, 2.45) is 0 Å². The van der Waals surface area contributed by atoms with Crippen LogP contribution < -0.4 is 4.90 Å². The summed E-state index contributed by atoms with van der Waals surface area (Å²) in [7, 11) is 0. The van der Waals surface area contributed by atoms with Crippen molar-refractivity contribution in [3.8, 4) is 11.3 Å². The van der Waals surface area contributed by atoms with Gasteiger partial charge in [-0.25, -0.2) is 23.7 Å². The zero-order valence-electron chi connectivity index (χ0n) is 20.7. The predicted octanol–water partition coefficient (Wildman–Crippen LogP) is 5.66. The molecule has 0 unspecified atom stereocenters. The number of hydrogen-bond donors (Lipinski definition) is 0. The number of nitrogens with zero attached hydrogens (tertiary/aromatic N) is 6. The van der Waals surface area contributed by atoms with E-state index < -0.39 is 11.6 Å². The second-order valence-corrected chi connectivity index (χ2v) is 10.4. The standard InChI is InChI=1S/C28H28F2N6O/c1-16-24(35-8-2-9-35)13-22-26(21-6-3-19(29)12-23(21)30)33-27(34-28(22)32-16)17-7-10-37-25(11-17)18-14-31-36(15-18)20-4-5-20/h3,6,12-15,17,20,25H,2,4-5,7-11H2,1H3/t17-,25-/m0/s1. The number of aryl methyl sites for hydroxylation is 1. The smallest absolute Gasteiger partial charge is 0.163 e. The van der Waals surface area contributed by atoms with Gasteiger partial charge < -0.3 is 9.64 Å². The van der Waals surface area contributed by atoms with E-state index in [1.165, 1.54) is 25.0 Å². The Morgan fingerprint density at radius 2 is 1.89 bits per heavy atom. The molecule has 2 saturated heterocycles. The molecule has 0 amide bonds. The van der Waals surface area contributed by atoms with Crippen LogP contribution in [-0.2, 0) is 4.74 Å². The van der Waals surface area contributed by atoms with E-state index in [2.05, 4.69) is 16.2 Å². The third kappa shape index (κ3) is 4.15. The van der Waals surface area contributed by atoms with Gasteiger partial charge >= 0.3 is 0 Å². The van der Waals surface area contributed by atoms with Gasteiger partial charge in [-0.15, -0.1) is 0 Å². The van der Waals surface area contributed by atoms with Crippen LogP contribution in [0.4, 0.5) is 14.5 Å². The molecule has 3 aliphatic rings. The van der Waals surface area contributed by atoms with Crippen LogP contribution in [0, 0.1) is 18.6 Å². The lowest BCUT2D eigenvalue weighted by Gasteiger charge is -2.34. The highest BCUT2D eigenvalue weighted by Crippen LogP contribution is 2.40. The molecule has 9 heteroatoms. The van der Waals surface area contributed by atoms with Crippen molar-refractivity contribution in [1.29, 1.82) is 0 Å². The number of halogens is 2. The maximum absolute atomic E-state index is 15.0. The molecule has 5 heterocycles. The largest absolute Gasteiger partial charge is 0.373 e. The Morgan fingerprint density at radius 3 is 2.65 bits per heavy atom. The van der Waals surface area contributed by atoms with Crippen molar-refractivity contribution in [2.75, 3.05) is 24.6 Å². The summed E-state index contributed by atoms with van der Waals surface area (Å²) in [5.74, 6) is -0.618. The Morgan fingerprint density at radius 1 is 1.03 bits per heavy atom. The number of hydrogen-bond acceptors (Lipinski definition) is 6. The number of anilines is 1. The quantitative estimate of drug-likeness (QED) is 0.351. The maximum Gasteiger partial charge on any atom is 0.163 e. The van der Waals surface area contributed by atoms with E-state index >= 15 is 4.39 Å². The minimum Gasteiger partial charge on any atom is -0.373 e. The van der Waals surface area contributed by atoms with Crippen molar-refractivity contribution >= 4 is 16.7 Å². The van der Waals surface area contributed by atoms with Gasteiger partial charge in [0.15, 0.2) is 5.65 Å². The number of benzene rings is 1. The number of ether oxygens (including phenoxy) is 1. The van der Waals surface area contributed by atoms with Crippen LogP contribution in [0.3, 0.4) is 0 Å². The fourth-order valence-corrected chi connectivity index (χ4v) is 5.42. The van der Waals surface area contributed by atoms with Crippen LogP contribution >= 0.6 is 0 Å². The molecule has 4 aromatic rings. The molecule has 7 nitrogen and oxygen atoms in total. The van der Waals surface area contributed by atoms with Gasteiger partial charge in [0.05, 0.1) is 35.4 Å². The molecular formula is C28H28F2N6O. The minimum atomic E-state index is -0.644. The van der Waals surface area contributed by atoms with Gasteiger partial charge in [0.25, 0.3) is 0 Å². The van der Waals surface area contributed by atoms with Crippen LogP contribution in [0.25, 0.3) is 22.3 Å². The van der Waals surface area contributed by atoms with Crippen LogP contribution in [0.15, 0.2) is 36.7 Å². The summed E-state index contributed by atoms with van der Waals surface area (Å²) in [5, 5.41) is 5.20. The van der Waals surface area contributed by atoms with Gasteiger partial charge in [-0.3, -0.25) is 4.68 Å². The zero-order chi connectivity index (χ0) is 25.1. The van der Waals surface area contributed by atoms with Crippen molar-refractivity contribution < 1.29 is 13.5 Å². The molecule has 3 fully saturated rings. The molecule has 190 valence electrons. The molecule has 0 N–H and O–H groups in total. The Balaban J connectivity index is 1.30. The summed E-state index contributed by atoms with van der Waals surface area (Å²) >= 11 is 0. The first-order valence-electron chi connectivity index (χ1n) is 13.1. The minimum absolute atomic E-state index is 0.0202. The van der Waals surface area contributed by atoms with Gasteiger partial charge in [0.1, 0.15) is 17.5 Å². The summed E-state index contributed by atoms with van der Waals surface area (Å²) in [4.78, 5) is 16.9. The lowest BCUT2D eigenvalue weighted by atomic mass is 9.92. The number of fused-ring (bicyclic) bond motifs is 1. The highest BCUT2D eigenvalue weighted by Gasteiger charge is 2.31. The molecule has 1 aromatic carbocycles. The van der Waals surface area contributed by atoms with Crippen LogP contribution in [0.1, 0.15) is 67.2 Å². The van der Waals surface area contributed by atoms with Crippen LogP contribution in [0.5, 0.6) is 0 Å². The highest BCUT2D eigenvalue weighted by atomic mass is 19.1. The first kappa shape index (κ1) is 22.7. The van der Waals surface area contributed by atoms with Crippen molar-refractivity contribution in [1.82, 2.24) is 24.7 Å². The molecule has 7 rings (SSSR count). The van der Waals surface area contributed by atoms with Gasteiger partial charge in [-0.05, 0) is 57.2 Å². The van der Waals surface area contributed by atoms with E-state index in [1.54, 1.807) is 0 Å². The lowest BCUT2D eigenvalue weighted by Crippen LogP contribution is -2.37. The molecule has 0 spiro atoms. The number of pyridine rings is 1. The van der Waals surface area contributed by atoms with Crippen LogP contribution in [-0.4, -0.2) is 44.4 Å². The van der Waals surface area contributed by atoms with E-state index in [9.17, 15) is 4.39 Å². The zero-order valence-corrected chi connectivity index (χ0v) is 20.7. The monoisotopic (exact) mass is 502 g/mol. The predicted molar refractivity (Wildman–Crippen MR) is 135 cm³/mol. The molecule has 2 atom stereocenters. The summed E-state index contributed by atoms with van der Waals surface area (Å²) in [6.45, 7) is 4.49. The average Bonchev–Trinajstić information content (AvgIpc) is 3.59. The molecule has 3 aromatic heterocycles. The number of aromatic nitrogens is 5. The molecular weight excluding hydrogens is 474 g/mol. The lowest BCUT2D eigenvalue weighted by molar-refractivity contribution is 0.00396. The maximum atomic E-state index is 15.0. The third-order valence-corrected chi connectivity index (χ3v) is 7.81. The summed E-state index contributed by atoms with van der Waals surface area (Å²) in [6.07, 6.45) is 8.84. The second-order valence-electron chi connectivity index (χ2n) is 10.4. The molecule has 0 bridgehead atoms. The van der Waals surface area contributed by atoms with E-state index in [-0.39, 0.29) is 17.6 Å². The Labute approximate surface area is 213 Å². The third-order valence-electron chi connectivity index (χ3n) is 7.81. The normalized spacial score (nSPS) is 21.9. The molecule has 1 saturated carbocycles. The summed E-state index contributed by atoms with van der Waals surface area (Å²) in [6, 6.07) is 6.16. The van der Waals surface area contributed by atoms with E-state index in [0.717, 1.165) is 48.9 Å². The molecule has 2 aliphatic heterocycles. The first-order chi connectivity index (χ1) is 18.0. The SMILES string of the molecule is Cc1nc2nc([C@H]3CCO[C@H](c4cnn(C5CC5)c4)C3)nc(-c3ccc(F)cc3F)c2cc1N1CCC1. The van der Waals surface area contributed by atoms with Crippen molar-refractivity contribution in [3.63, 3.8) is 0 Å². The summed E-state index contributed by atoms with van der Waals surface area (Å²) in [5.41, 5.74) is 4.21. The second kappa shape index (κ2) is 8.83. The fourth-order valence-electron chi connectivity index (χ4n) is 5.42. The summed E-state index contributed by atoms with van der Waals surface area (Å²) < 4.78 is 37.0. The first-order valence-corrected chi connectivity index (χ1v) is 13.1.